The quantitative estimate of drug-likeness (QED) is 0.540. The minimum atomic E-state index is -5.21. The number of nitrogens with one attached hydrogen (secondary N) is 2. The number of aliphatic hydroxyl groups excluding tert-OH is 2. The van der Waals surface area contributed by atoms with Crippen LogP contribution < -0.4 is 16.6 Å². The van der Waals surface area contributed by atoms with Crippen LogP contribution in [0.1, 0.15) is 12.6 Å². The number of aromatic nitrogens is 2. The van der Waals surface area contributed by atoms with Gasteiger partial charge in [-0.05, 0) is 0 Å². The first-order valence-corrected chi connectivity index (χ1v) is 6.31. The number of rotatable bonds is 3. The normalized spacial score (nSPS) is 24.7. The van der Waals surface area contributed by atoms with Gasteiger partial charge in [0.15, 0.2) is 0 Å². The number of aromatic amines is 1. The minimum Gasteiger partial charge on any atom is -0.394 e. The van der Waals surface area contributed by atoms with Gasteiger partial charge in [0, 0.05) is 12.6 Å². The van der Waals surface area contributed by atoms with E-state index in [0.29, 0.717) is 10.8 Å². The van der Waals surface area contributed by atoms with E-state index >= 15 is 0 Å². The van der Waals surface area contributed by atoms with Crippen molar-refractivity contribution in [3.63, 3.8) is 0 Å². The van der Waals surface area contributed by atoms with Crippen LogP contribution in [-0.4, -0.2) is 50.7 Å². The summed E-state index contributed by atoms with van der Waals surface area (Å²) in [7, 11) is 0. The molecule has 1 aromatic heterocycles. The van der Waals surface area contributed by atoms with Crippen molar-refractivity contribution in [1.29, 1.82) is 0 Å². The Morgan fingerprint density at radius 3 is 2.65 bits per heavy atom. The zero-order chi connectivity index (χ0) is 17.4. The molecule has 1 aliphatic heterocycles. The summed E-state index contributed by atoms with van der Waals surface area (Å²) in [5.41, 5.74) is -3.03. The summed E-state index contributed by atoms with van der Waals surface area (Å²) in [6.07, 6.45) is -7.86. The van der Waals surface area contributed by atoms with Crippen molar-refractivity contribution in [2.75, 3.05) is 11.9 Å². The van der Waals surface area contributed by atoms with Gasteiger partial charge in [-0.25, -0.2) is 4.79 Å². The molecule has 2 rings (SSSR count). The molecule has 4 N–H and O–H groups in total. The number of amides is 1. The Hall–Kier alpha value is -2.18. The second kappa shape index (κ2) is 6.14. The molecule has 9 nitrogen and oxygen atoms in total. The van der Waals surface area contributed by atoms with E-state index in [1.165, 1.54) is 5.32 Å². The molecule has 1 saturated heterocycles. The van der Waals surface area contributed by atoms with E-state index in [9.17, 15) is 32.7 Å². The molecular weight excluding hydrogens is 327 g/mol. The highest BCUT2D eigenvalue weighted by molar-refractivity contribution is 5.94. The van der Waals surface area contributed by atoms with Crippen molar-refractivity contribution in [1.82, 2.24) is 9.55 Å². The highest BCUT2D eigenvalue weighted by Gasteiger charge is 2.39. The Bertz CT molecular complexity index is 712. The molecule has 0 radical (unpaired) electrons. The molecule has 12 heteroatoms. The molecule has 1 amide bonds. The number of H-pyrrole nitrogens is 1. The average molecular weight is 339 g/mol. The molecule has 2 heterocycles. The third kappa shape index (κ3) is 3.60. The molecule has 1 aromatic rings. The summed E-state index contributed by atoms with van der Waals surface area (Å²) < 4.78 is 42.5. The maximum atomic E-state index is 12.2. The number of aliphatic hydroxyl groups is 2. The molecule has 3 atom stereocenters. The van der Waals surface area contributed by atoms with Crippen LogP contribution in [0.2, 0.25) is 0 Å². The second-order valence-electron chi connectivity index (χ2n) is 4.78. The number of carbonyl (C=O) groups is 1. The van der Waals surface area contributed by atoms with Gasteiger partial charge in [-0.15, -0.1) is 0 Å². The van der Waals surface area contributed by atoms with E-state index in [4.69, 9.17) is 9.84 Å². The number of carbonyl (C=O) groups excluding carboxylic acids is 1. The fraction of sp³-hybridized carbons (Fsp3) is 0.545. The lowest BCUT2D eigenvalue weighted by atomic mass is 10.2. The summed E-state index contributed by atoms with van der Waals surface area (Å²) in [4.78, 5) is 35.8. The van der Waals surface area contributed by atoms with Crippen LogP contribution in [0.3, 0.4) is 0 Å². The maximum Gasteiger partial charge on any atom is 0.471 e. The molecular formula is C11H12F3N3O6. The van der Waals surface area contributed by atoms with Crippen molar-refractivity contribution in [2.24, 2.45) is 0 Å². The number of ether oxygens (including phenoxy) is 1. The predicted molar refractivity (Wildman–Crippen MR) is 67.6 cm³/mol. The molecule has 0 saturated carbocycles. The third-order valence-corrected chi connectivity index (χ3v) is 3.17. The minimum absolute atomic E-state index is 0.135. The fourth-order valence-electron chi connectivity index (χ4n) is 2.03. The molecule has 0 aromatic carbocycles. The lowest BCUT2D eigenvalue weighted by Gasteiger charge is -2.15. The molecule has 0 spiro atoms. The maximum absolute atomic E-state index is 12.2. The largest absolute Gasteiger partial charge is 0.471 e. The van der Waals surface area contributed by atoms with Gasteiger partial charge in [-0.1, -0.05) is 0 Å². The van der Waals surface area contributed by atoms with Crippen molar-refractivity contribution < 1.29 is 32.9 Å². The van der Waals surface area contributed by atoms with Crippen LogP contribution in [-0.2, 0) is 9.53 Å². The number of hydrogen-bond donors (Lipinski definition) is 4. The number of halogens is 3. The van der Waals surface area contributed by atoms with Gasteiger partial charge in [-0.3, -0.25) is 19.1 Å². The molecule has 0 unspecified atom stereocenters. The monoisotopic (exact) mass is 339 g/mol. The Morgan fingerprint density at radius 2 is 2.13 bits per heavy atom. The van der Waals surface area contributed by atoms with E-state index < -0.39 is 54.1 Å². The van der Waals surface area contributed by atoms with Crippen LogP contribution in [0.4, 0.5) is 18.9 Å². The predicted octanol–water partition coefficient (Wildman–Crippen LogP) is -1.32. The molecule has 23 heavy (non-hydrogen) atoms. The average Bonchev–Trinajstić information content (AvgIpc) is 2.81. The van der Waals surface area contributed by atoms with Crippen molar-refractivity contribution in [3.8, 4) is 0 Å². The topological polar surface area (TPSA) is 134 Å². The van der Waals surface area contributed by atoms with Gasteiger partial charge in [0.25, 0.3) is 5.56 Å². The highest BCUT2D eigenvalue weighted by Crippen LogP contribution is 2.27. The summed E-state index contributed by atoms with van der Waals surface area (Å²) in [5, 5.41) is 19.9. The Morgan fingerprint density at radius 1 is 1.48 bits per heavy atom. The van der Waals surface area contributed by atoms with Gasteiger partial charge < -0.3 is 20.3 Å². The summed E-state index contributed by atoms with van der Waals surface area (Å²) in [5.74, 6) is -2.38. The third-order valence-electron chi connectivity index (χ3n) is 3.17. The van der Waals surface area contributed by atoms with E-state index in [1.807, 2.05) is 0 Å². The first-order valence-electron chi connectivity index (χ1n) is 6.31. The van der Waals surface area contributed by atoms with Crippen LogP contribution >= 0.6 is 0 Å². The summed E-state index contributed by atoms with van der Waals surface area (Å²) in [6.45, 7) is -0.534. The highest BCUT2D eigenvalue weighted by atomic mass is 19.4. The number of nitrogens with zero attached hydrogens (tertiary/aromatic N) is 1. The van der Waals surface area contributed by atoms with Crippen LogP contribution in [0, 0.1) is 0 Å². The van der Waals surface area contributed by atoms with Crippen LogP contribution in [0.15, 0.2) is 15.8 Å². The summed E-state index contributed by atoms with van der Waals surface area (Å²) >= 11 is 0. The Labute approximate surface area is 125 Å². The van der Waals surface area contributed by atoms with Crippen molar-refractivity contribution in [3.05, 3.63) is 27.0 Å². The number of alkyl halides is 3. The SMILES string of the molecule is O=C(Nc1cn([C@H]2C[C@H](O)[C@@H](CO)O2)c(=O)[nH]c1=O)C(F)(F)F. The molecule has 128 valence electrons. The van der Waals surface area contributed by atoms with Crippen molar-refractivity contribution >= 4 is 11.6 Å². The Kier molecular flexibility index (Phi) is 4.58. The smallest absolute Gasteiger partial charge is 0.394 e. The standard InChI is InChI=1S/C11H12F3N3O6/c12-11(13,14)9(21)15-4-2-17(10(22)16-8(4)20)7-1-5(19)6(3-18)23-7/h2,5-7,18-19H,1,3H2,(H,15,21)(H,16,20,22)/t5-,6+,7+/m0/s1. The first kappa shape index (κ1) is 17.2. The Balaban J connectivity index is 2.32. The first-order chi connectivity index (χ1) is 10.6. The fourth-order valence-corrected chi connectivity index (χ4v) is 2.03. The zero-order valence-corrected chi connectivity index (χ0v) is 11.3. The number of hydrogen-bond acceptors (Lipinski definition) is 6. The van der Waals surface area contributed by atoms with Crippen molar-refractivity contribution in [2.45, 2.75) is 31.0 Å². The lowest BCUT2D eigenvalue weighted by molar-refractivity contribution is -0.167. The van der Waals surface area contributed by atoms with Crippen LogP contribution in [0.25, 0.3) is 0 Å². The van der Waals surface area contributed by atoms with Gasteiger partial charge in [-0.2, -0.15) is 13.2 Å². The van der Waals surface area contributed by atoms with Gasteiger partial charge in [0.1, 0.15) is 18.0 Å². The zero-order valence-electron chi connectivity index (χ0n) is 11.3. The second-order valence-corrected chi connectivity index (χ2v) is 4.78. The van der Waals surface area contributed by atoms with E-state index in [1.54, 1.807) is 4.98 Å². The van der Waals surface area contributed by atoms with Crippen LogP contribution in [0.5, 0.6) is 0 Å². The summed E-state index contributed by atoms with van der Waals surface area (Å²) in [6, 6.07) is 0. The lowest BCUT2D eigenvalue weighted by Crippen LogP contribution is -2.37. The van der Waals surface area contributed by atoms with Gasteiger partial charge in [0.2, 0.25) is 0 Å². The van der Waals surface area contributed by atoms with E-state index in [2.05, 4.69) is 0 Å². The number of anilines is 1. The van der Waals surface area contributed by atoms with E-state index in [0.717, 1.165) is 0 Å². The molecule has 1 fully saturated rings. The molecule has 1 aliphatic rings. The molecule has 0 bridgehead atoms. The molecule has 0 aliphatic carbocycles. The van der Waals surface area contributed by atoms with E-state index in [-0.39, 0.29) is 6.42 Å². The van der Waals surface area contributed by atoms with Gasteiger partial charge in [0.05, 0.1) is 12.7 Å². The van der Waals surface area contributed by atoms with Gasteiger partial charge >= 0.3 is 17.8 Å².